The molecule has 1 nitrogen and oxygen atoms in total. The summed E-state index contributed by atoms with van der Waals surface area (Å²) in [5, 5.41) is 8.47. The van der Waals surface area contributed by atoms with Crippen molar-refractivity contribution in [3.8, 4) is 5.40 Å². The molecule has 24 valence electrons. The third-order valence-corrected chi connectivity index (χ3v) is 0. The molecular formula is CIKNNaS. The Morgan fingerprint density at radius 3 is 1.50 bits per heavy atom. The number of nitriles is 1. The van der Waals surface area contributed by atoms with Gasteiger partial charge in [0.15, 0.2) is 0 Å². The van der Waals surface area contributed by atoms with Gasteiger partial charge < -0.3 is 36.6 Å². The second-order valence-electron chi connectivity index (χ2n) is 0.0913. The summed E-state index contributed by atoms with van der Waals surface area (Å²) in [6.45, 7) is 0. The van der Waals surface area contributed by atoms with Gasteiger partial charge in [-0.05, 0) is 0 Å². The second-order valence-corrected chi connectivity index (χ2v) is 0.274. The summed E-state index contributed by atoms with van der Waals surface area (Å²) in [5.41, 5.74) is 0. The maximum atomic E-state index is 7.13. The van der Waals surface area contributed by atoms with E-state index < -0.39 is 0 Å². The number of hydrogen-bond donors (Lipinski definition) is 0. The maximum absolute atomic E-state index is 7.13. The first-order valence-electron chi connectivity index (χ1n) is 0.428. The summed E-state index contributed by atoms with van der Waals surface area (Å²) in [7, 11) is 0. The Morgan fingerprint density at radius 2 is 1.50 bits per heavy atom. The third-order valence-electron chi connectivity index (χ3n) is 0. The molecule has 0 saturated heterocycles. The van der Waals surface area contributed by atoms with E-state index in [0.717, 1.165) is 0 Å². The summed E-state index contributed by atoms with van der Waals surface area (Å²) in [5.74, 6) is 0. The van der Waals surface area contributed by atoms with Crippen molar-refractivity contribution in [2.75, 3.05) is 0 Å². The van der Waals surface area contributed by atoms with Crippen molar-refractivity contribution >= 4 is 12.6 Å². The molecule has 0 saturated carbocycles. The van der Waals surface area contributed by atoms with Crippen LogP contribution in [0.4, 0.5) is 0 Å². The fourth-order valence-electron chi connectivity index (χ4n) is 0. The molecule has 0 spiro atoms. The van der Waals surface area contributed by atoms with Gasteiger partial charge in [0.05, 0.1) is 0 Å². The van der Waals surface area contributed by atoms with Crippen LogP contribution in [0.25, 0.3) is 0 Å². The number of rotatable bonds is 0. The Kier molecular flexibility index (Phi) is 93.2. The molecule has 0 unspecified atom stereocenters. The van der Waals surface area contributed by atoms with Crippen LogP contribution in [0.3, 0.4) is 0 Å². The predicted octanol–water partition coefficient (Wildman–Crippen LogP) is -8.97. The van der Waals surface area contributed by atoms with Gasteiger partial charge in [-0.2, -0.15) is 0 Å². The zero-order valence-electron chi connectivity index (χ0n) is 3.73. The first-order valence-corrected chi connectivity index (χ1v) is 0.836. The van der Waals surface area contributed by atoms with Crippen molar-refractivity contribution in [2.45, 2.75) is 0 Å². The molecule has 0 atom stereocenters. The van der Waals surface area contributed by atoms with E-state index in [1.807, 2.05) is 0 Å². The van der Waals surface area contributed by atoms with Gasteiger partial charge in [-0.3, -0.25) is 0 Å². The molecule has 0 aliphatic carbocycles. The van der Waals surface area contributed by atoms with Crippen LogP contribution < -0.4 is 105 Å². The van der Waals surface area contributed by atoms with Gasteiger partial charge in [0.2, 0.25) is 0 Å². The standard InChI is InChI=1S/CHNS.HI.K.Na/c2-1-3;;;/h3H;1H;;/q;;2*+1/p-2. The molecule has 0 heterocycles. The van der Waals surface area contributed by atoms with Gasteiger partial charge in [-0.15, -0.1) is 0 Å². The summed E-state index contributed by atoms with van der Waals surface area (Å²) >= 11 is 3.70. The van der Waals surface area contributed by atoms with Gasteiger partial charge in [0.1, 0.15) is 0 Å². The molecule has 0 radical (unpaired) electrons. The molecular weight excluding hydrogens is 247 g/mol. The number of thiocyanates is 1. The van der Waals surface area contributed by atoms with E-state index in [9.17, 15) is 0 Å². The molecule has 0 fully saturated rings. The van der Waals surface area contributed by atoms with Crippen LogP contribution in [-0.2, 0) is 12.6 Å². The van der Waals surface area contributed by atoms with Crippen molar-refractivity contribution in [3.05, 3.63) is 0 Å². The Labute approximate surface area is 125 Å². The van der Waals surface area contributed by atoms with Crippen LogP contribution in [-0.4, -0.2) is 0 Å². The molecule has 0 N–H and O–H groups in total. The molecule has 0 aromatic heterocycles. The van der Waals surface area contributed by atoms with Gasteiger partial charge in [-0.25, -0.2) is 5.26 Å². The Hall–Kier alpha value is 3.08. The summed E-state index contributed by atoms with van der Waals surface area (Å²) in [6, 6.07) is 0. The van der Waals surface area contributed by atoms with Gasteiger partial charge in [-0.1, -0.05) is 5.40 Å². The summed E-state index contributed by atoms with van der Waals surface area (Å²) in [4.78, 5) is 0. The van der Waals surface area contributed by atoms with E-state index in [2.05, 4.69) is 12.6 Å². The number of hydrogen-bond acceptors (Lipinski definition) is 2. The van der Waals surface area contributed by atoms with Crippen LogP contribution in [0.5, 0.6) is 0 Å². The monoisotopic (exact) mass is 247 g/mol. The van der Waals surface area contributed by atoms with Crippen molar-refractivity contribution < 1.29 is 105 Å². The van der Waals surface area contributed by atoms with Crippen molar-refractivity contribution in [1.82, 2.24) is 0 Å². The van der Waals surface area contributed by atoms with Crippen LogP contribution in [0.15, 0.2) is 0 Å². The molecule has 5 heteroatoms. The smallest absolute Gasteiger partial charge is 1.00 e. The van der Waals surface area contributed by atoms with Crippen LogP contribution in [0.2, 0.25) is 0 Å². The van der Waals surface area contributed by atoms with Crippen LogP contribution >= 0.6 is 0 Å². The first-order chi connectivity index (χ1) is 1.41. The molecule has 0 bridgehead atoms. The van der Waals surface area contributed by atoms with Crippen molar-refractivity contribution in [1.29, 1.82) is 5.26 Å². The molecule has 0 amide bonds. The molecule has 0 aromatic carbocycles. The maximum Gasteiger partial charge on any atom is 1.00 e. The molecule has 0 aliphatic heterocycles. The third kappa shape index (κ3) is 27.6. The molecule has 0 rings (SSSR count). The minimum absolute atomic E-state index is 0. The molecule has 0 aliphatic rings. The van der Waals surface area contributed by atoms with E-state index in [-0.39, 0.29) is 105 Å². The fraction of sp³-hybridized carbons (Fsp3) is 0. The van der Waals surface area contributed by atoms with Crippen LogP contribution in [0, 0.1) is 10.7 Å². The number of halogens is 1. The largest absolute Gasteiger partial charge is 1.00 e. The Balaban J connectivity index is -0.00000000667. The average Bonchev–Trinajstić information content (AvgIpc) is 0.918. The number of nitrogens with zero attached hydrogens (tertiary/aromatic N) is 1. The van der Waals surface area contributed by atoms with E-state index in [4.69, 9.17) is 5.26 Å². The zero-order chi connectivity index (χ0) is 2.71. The van der Waals surface area contributed by atoms with Gasteiger partial charge in [0.25, 0.3) is 0 Å². The van der Waals surface area contributed by atoms with Crippen LogP contribution in [0.1, 0.15) is 0 Å². The molecule has 0 aromatic rings. The topological polar surface area (TPSA) is 23.8 Å². The van der Waals surface area contributed by atoms with E-state index in [1.54, 1.807) is 0 Å². The normalized spacial score (nSPS) is 1.17. The average molecular weight is 247 g/mol. The minimum Gasteiger partial charge on any atom is -1.00 e. The van der Waals surface area contributed by atoms with Crippen molar-refractivity contribution in [3.63, 3.8) is 0 Å². The Morgan fingerprint density at radius 1 is 1.50 bits per heavy atom. The second kappa shape index (κ2) is 24.3. The summed E-state index contributed by atoms with van der Waals surface area (Å²) in [6.07, 6.45) is 0. The summed E-state index contributed by atoms with van der Waals surface area (Å²) < 4.78 is 0. The van der Waals surface area contributed by atoms with Crippen molar-refractivity contribution in [2.24, 2.45) is 0 Å². The zero-order valence-corrected chi connectivity index (χ0v) is 11.8. The van der Waals surface area contributed by atoms with Gasteiger partial charge in [0, 0.05) is 0 Å². The predicted molar refractivity (Wildman–Crippen MR) is 13.0 cm³/mol. The minimum atomic E-state index is 0. The Bertz CT molecular complexity index is 37.0. The first kappa shape index (κ1) is 23.0. The SMILES string of the molecule is N#C[S-].[I-].[K+].[Na+]. The van der Waals surface area contributed by atoms with E-state index in [0.29, 0.717) is 0 Å². The van der Waals surface area contributed by atoms with Gasteiger partial charge >= 0.3 is 80.9 Å². The molecule has 6 heavy (non-hydrogen) atoms. The quantitative estimate of drug-likeness (QED) is 0.184. The van der Waals surface area contributed by atoms with E-state index >= 15 is 0 Å². The van der Waals surface area contributed by atoms with E-state index in [1.165, 1.54) is 5.40 Å². The fourth-order valence-corrected chi connectivity index (χ4v) is 0.